The first kappa shape index (κ1) is 12.3. The fourth-order valence-electron chi connectivity index (χ4n) is 1.82. The van der Waals surface area contributed by atoms with Crippen LogP contribution in [0.25, 0.3) is 0 Å². The van der Waals surface area contributed by atoms with Crippen molar-refractivity contribution in [3.8, 4) is 0 Å². The zero-order valence-corrected chi connectivity index (χ0v) is 11.2. The summed E-state index contributed by atoms with van der Waals surface area (Å²) < 4.78 is 1.80. The minimum absolute atomic E-state index is 0.393. The van der Waals surface area contributed by atoms with Gasteiger partial charge in [-0.05, 0) is 17.4 Å². The van der Waals surface area contributed by atoms with Gasteiger partial charge in [-0.1, -0.05) is 25.1 Å². The van der Waals surface area contributed by atoms with Gasteiger partial charge in [0.1, 0.15) is 0 Å². The summed E-state index contributed by atoms with van der Waals surface area (Å²) in [5.74, 6) is 0.565. The second-order valence-electron chi connectivity index (χ2n) is 4.47. The van der Waals surface area contributed by atoms with E-state index in [2.05, 4.69) is 47.0 Å². The Morgan fingerprint density at radius 1 is 1.47 bits per heavy atom. The molecule has 0 fully saturated rings. The van der Waals surface area contributed by atoms with Gasteiger partial charge in [0.15, 0.2) is 0 Å². The Morgan fingerprint density at radius 3 is 2.82 bits per heavy atom. The molecule has 92 valence electrons. The first-order chi connectivity index (χ1) is 8.18. The second kappa shape index (κ2) is 5.42. The normalized spacial score (nSPS) is 13.2. The fourth-order valence-corrected chi connectivity index (χ4v) is 2.79. The van der Waals surface area contributed by atoms with Crippen molar-refractivity contribution in [2.45, 2.75) is 26.4 Å². The van der Waals surface area contributed by atoms with Crippen LogP contribution in [0.1, 0.15) is 30.5 Å². The van der Waals surface area contributed by atoms with Crippen LogP contribution in [0.4, 0.5) is 0 Å². The molecule has 0 spiro atoms. The number of aromatic nitrogens is 3. The van der Waals surface area contributed by atoms with Gasteiger partial charge in [-0.2, -0.15) is 0 Å². The molecule has 2 heterocycles. The van der Waals surface area contributed by atoms with Gasteiger partial charge >= 0.3 is 0 Å². The second-order valence-corrected chi connectivity index (χ2v) is 5.45. The van der Waals surface area contributed by atoms with Crippen LogP contribution < -0.4 is 5.32 Å². The van der Waals surface area contributed by atoms with E-state index in [1.165, 1.54) is 4.88 Å². The van der Waals surface area contributed by atoms with Crippen molar-refractivity contribution in [1.82, 2.24) is 20.3 Å². The van der Waals surface area contributed by atoms with Gasteiger partial charge in [-0.25, -0.2) is 0 Å². The first-order valence-electron chi connectivity index (χ1n) is 5.79. The minimum Gasteiger partial charge on any atom is -0.303 e. The molecule has 5 heteroatoms. The third-order valence-electron chi connectivity index (χ3n) is 2.83. The van der Waals surface area contributed by atoms with Crippen LogP contribution in [0.15, 0.2) is 23.7 Å². The number of aryl methyl sites for hydroxylation is 1. The summed E-state index contributed by atoms with van der Waals surface area (Å²) in [6, 6.07) is 4.68. The maximum atomic E-state index is 3.93. The van der Waals surface area contributed by atoms with Gasteiger partial charge < -0.3 is 5.32 Å². The van der Waals surface area contributed by atoms with Crippen LogP contribution in [0.3, 0.4) is 0 Å². The minimum atomic E-state index is 0.393. The first-order valence-corrected chi connectivity index (χ1v) is 6.67. The standard InChI is InChI=1S/C12H18N4S/c1-9(2)12(11-5-4-6-17-11)13-7-10-8-14-15-16(10)3/h4-6,8-9,12-13H,7H2,1-3H3. The van der Waals surface area contributed by atoms with Crippen LogP contribution in [0.5, 0.6) is 0 Å². The predicted octanol–water partition coefficient (Wildman–Crippen LogP) is 2.36. The summed E-state index contributed by atoms with van der Waals surface area (Å²) in [5, 5.41) is 13.5. The predicted molar refractivity (Wildman–Crippen MR) is 69.7 cm³/mol. The smallest absolute Gasteiger partial charge is 0.0738 e. The van der Waals surface area contributed by atoms with E-state index in [1.54, 1.807) is 22.2 Å². The van der Waals surface area contributed by atoms with E-state index in [-0.39, 0.29) is 0 Å². The number of thiophene rings is 1. The lowest BCUT2D eigenvalue weighted by Crippen LogP contribution is -2.25. The molecular weight excluding hydrogens is 232 g/mol. The Hall–Kier alpha value is -1.20. The Kier molecular flexibility index (Phi) is 3.91. The molecule has 2 rings (SSSR count). The maximum Gasteiger partial charge on any atom is 0.0738 e. The van der Waals surface area contributed by atoms with Crippen molar-refractivity contribution in [1.29, 1.82) is 0 Å². The van der Waals surface area contributed by atoms with Crippen molar-refractivity contribution in [2.24, 2.45) is 13.0 Å². The molecule has 0 aliphatic rings. The molecular formula is C12H18N4S. The molecule has 0 saturated heterocycles. The van der Waals surface area contributed by atoms with Crippen LogP contribution in [-0.2, 0) is 13.6 Å². The molecule has 0 radical (unpaired) electrons. The molecule has 0 saturated carbocycles. The van der Waals surface area contributed by atoms with E-state index in [1.807, 2.05) is 7.05 Å². The Labute approximate surface area is 106 Å². The van der Waals surface area contributed by atoms with Crippen molar-refractivity contribution >= 4 is 11.3 Å². The SMILES string of the molecule is CC(C)C(NCc1cnnn1C)c1cccs1. The van der Waals surface area contributed by atoms with Gasteiger partial charge in [0.2, 0.25) is 0 Å². The van der Waals surface area contributed by atoms with Crippen LogP contribution in [-0.4, -0.2) is 15.0 Å². The van der Waals surface area contributed by atoms with Crippen molar-refractivity contribution in [2.75, 3.05) is 0 Å². The molecule has 2 aromatic rings. The molecule has 0 aromatic carbocycles. The molecule has 1 atom stereocenters. The number of rotatable bonds is 5. The molecule has 17 heavy (non-hydrogen) atoms. The Morgan fingerprint density at radius 2 is 2.29 bits per heavy atom. The topological polar surface area (TPSA) is 42.7 Å². The summed E-state index contributed by atoms with van der Waals surface area (Å²) in [6.45, 7) is 5.27. The summed E-state index contributed by atoms with van der Waals surface area (Å²) in [6.07, 6.45) is 1.80. The molecule has 0 aliphatic carbocycles. The number of nitrogens with zero attached hydrogens (tertiary/aromatic N) is 3. The molecule has 0 aliphatic heterocycles. The highest BCUT2D eigenvalue weighted by Crippen LogP contribution is 2.25. The van der Waals surface area contributed by atoms with E-state index in [4.69, 9.17) is 0 Å². The third kappa shape index (κ3) is 2.92. The average Bonchev–Trinajstić information content (AvgIpc) is 2.91. The largest absolute Gasteiger partial charge is 0.303 e. The number of hydrogen-bond donors (Lipinski definition) is 1. The molecule has 0 bridgehead atoms. The van der Waals surface area contributed by atoms with Gasteiger partial charge in [0.05, 0.1) is 11.9 Å². The molecule has 1 unspecified atom stereocenters. The van der Waals surface area contributed by atoms with Gasteiger partial charge in [0, 0.05) is 24.5 Å². The monoisotopic (exact) mass is 250 g/mol. The summed E-state index contributed by atoms with van der Waals surface area (Å²) >= 11 is 1.80. The van der Waals surface area contributed by atoms with Gasteiger partial charge in [-0.3, -0.25) is 4.68 Å². The van der Waals surface area contributed by atoms with Gasteiger partial charge in [-0.15, -0.1) is 16.4 Å². The van der Waals surface area contributed by atoms with E-state index < -0.39 is 0 Å². The van der Waals surface area contributed by atoms with Crippen molar-refractivity contribution < 1.29 is 0 Å². The highest BCUT2D eigenvalue weighted by molar-refractivity contribution is 7.10. The lowest BCUT2D eigenvalue weighted by molar-refractivity contribution is 0.410. The van der Waals surface area contributed by atoms with Crippen LogP contribution in [0, 0.1) is 5.92 Å². The van der Waals surface area contributed by atoms with Crippen LogP contribution in [0.2, 0.25) is 0 Å². The van der Waals surface area contributed by atoms with E-state index in [0.717, 1.165) is 12.2 Å². The molecule has 4 nitrogen and oxygen atoms in total. The number of hydrogen-bond acceptors (Lipinski definition) is 4. The van der Waals surface area contributed by atoms with Crippen molar-refractivity contribution in [3.05, 3.63) is 34.3 Å². The molecule has 0 amide bonds. The van der Waals surface area contributed by atoms with E-state index >= 15 is 0 Å². The number of nitrogens with one attached hydrogen (secondary N) is 1. The Bertz CT molecular complexity index is 447. The molecule has 2 aromatic heterocycles. The maximum absolute atomic E-state index is 3.93. The van der Waals surface area contributed by atoms with E-state index in [0.29, 0.717) is 12.0 Å². The van der Waals surface area contributed by atoms with E-state index in [9.17, 15) is 0 Å². The molecule has 1 N–H and O–H groups in total. The summed E-state index contributed by atoms with van der Waals surface area (Å²) in [4.78, 5) is 1.38. The highest BCUT2D eigenvalue weighted by Gasteiger charge is 2.16. The van der Waals surface area contributed by atoms with Crippen LogP contribution >= 0.6 is 11.3 Å². The lowest BCUT2D eigenvalue weighted by atomic mass is 10.0. The quantitative estimate of drug-likeness (QED) is 0.886. The summed E-state index contributed by atoms with van der Waals surface area (Å²) in [7, 11) is 1.92. The Balaban J connectivity index is 2.02. The fraction of sp³-hybridized carbons (Fsp3) is 0.500. The third-order valence-corrected chi connectivity index (χ3v) is 3.78. The summed E-state index contributed by atoms with van der Waals surface area (Å²) in [5.41, 5.74) is 1.10. The average molecular weight is 250 g/mol. The zero-order chi connectivity index (χ0) is 12.3. The highest BCUT2D eigenvalue weighted by atomic mass is 32.1. The zero-order valence-electron chi connectivity index (χ0n) is 10.4. The lowest BCUT2D eigenvalue weighted by Gasteiger charge is -2.21. The van der Waals surface area contributed by atoms with Crippen molar-refractivity contribution in [3.63, 3.8) is 0 Å². The van der Waals surface area contributed by atoms with Gasteiger partial charge in [0.25, 0.3) is 0 Å².